The standard InChI is InChI=1S/C20H22FN3O2/c1-4-24(13-15-9-10-19(26-3)17(21)11-15)14(2)20(25)23-18-8-6-5-7-16(18)12-22/h5-11,14H,4,13H2,1-3H3,(H,23,25). The molecule has 0 saturated carbocycles. The minimum atomic E-state index is -0.447. The molecule has 1 amide bonds. The minimum Gasteiger partial charge on any atom is -0.494 e. The molecule has 2 rings (SSSR count). The first-order valence-electron chi connectivity index (χ1n) is 8.36. The molecule has 2 aromatic carbocycles. The molecule has 2 aromatic rings. The van der Waals surface area contributed by atoms with Gasteiger partial charge >= 0.3 is 0 Å². The first-order chi connectivity index (χ1) is 12.5. The lowest BCUT2D eigenvalue weighted by Gasteiger charge is -2.27. The van der Waals surface area contributed by atoms with Gasteiger partial charge in [-0.15, -0.1) is 0 Å². The van der Waals surface area contributed by atoms with E-state index in [1.165, 1.54) is 13.2 Å². The van der Waals surface area contributed by atoms with Crippen molar-refractivity contribution < 1.29 is 13.9 Å². The molecule has 0 bridgehead atoms. The molecule has 1 N–H and O–H groups in total. The fourth-order valence-electron chi connectivity index (χ4n) is 2.66. The summed E-state index contributed by atoms with van der Waals surface area (Å²) in [6.45, 7) is 4.76. The molecule has 5 nitrogen and oxygen atoms in total. The summed E-state index contributed by atoms with van der Waals surface area (Å²) >= 11 is 0. The van der Waals surface area contributed by atoms with Crippen LogP contribution in [0.4, 0.5) is 10.1 Å². The van der Waals surface area contributed by atoms with Crippen LogP contribution in [0.25, 0.3) is 0 Å². The Morgan fingerprint density at radius 1 is 1.35 bits per heavy atom. The van der Waals surface area contributed by atoms with Crippen LogP contribution in [0.1, 0.15) is 25.0 Å². The van der Waals surface area contributed by atoms with Crippen molar-refractivity contribution in [1.82, 2.24) is 4.90 Å². The predicted molar refractivity (Wildman–Crippen MR) is 98.3 cm³/mol. The molecule has 0 fully saturated rings. The zero-order valence-electron chi connectivity index (χ0n) is 15.1. The van der Waals surface area contributed by atoms with Crippen molar-refractivity contribution in [3.05, 3.63) is 59.4 Å². The van der Waals surface area contributed by atoms with Gasteiger partial charge in [-0.05, 0) is 43.3 Å². The smallest absolute Gasteiger partial charge is 0.241 e. The second kappa shape index (κ2) is 8.97. The van der Waals surface area contributed by atoms with E-state index >= 15 is 0 Å². The van der Waals surface area contributed by atoms with Gasteiger partial charge in [0, 0.05) is 6.54 Å². The second-order valence-corrected chi connectivity index (χ2v) is 5.85. The van der Waals surface area contributed by atoms with Gasteiger partial charge in [-0.25, -0.2) is 4.39 Å². The summed E-state index contributed by atoms with van der Waals surface area (Å²) in [7, 11) is 1.42. The SMILES string of the molecule is CCN(Cc1ccc(OC)c(F)c1)C(C)C(=O)Nc1ccccc1C#N. The maximum Gasteiger partial charge on any atom is 0.241 e. The first kappa shape index (κ1) is 19.4. The van der Waals surface area contributed by atoms with E-state index in [2.05, 4.69) is 11.4 Å². The van der Waals surface area contributed by atoms with Crippen LogP contribution in [0, 0.1) is 17.1 Å². The predicted octanol–water partition coefficient (Wildman–Crippen LogP) is 3.56. The van der Waals surface area contributed by atoms with Gasteiger partial charge in [0.25, 0.3) is 0 Å². The molecule has 26 heavy (non-hydrogen) atoms. The molecule has 136 valence electrons. The number of amides is 1. The number of ether oxygens (including phenoxy) is 1. The lowest BCUT2D eigenvalue weighted by atomic mass is 10.1. The summed E-state index contributed by atoms with van der Waals surface area (Å²) in [6, 6.07) is 13.2. The van der Waals surface area contributed by atoms with Crippen LogP contribution < -0.4 is 10.1 Å². The molecule has 0 aliphatic rings. The zero-order chi connectivity index (χ0) is 19.1. The Hall–Kier alpha value is -2.91. The number of likely N-dealkylation sites (N-methyl/N-ethyl adjacent to an activating group) is 1. The molecular weight excluding hydrogens is 333 g/mol. The van der Waals surface area contributed by atoms with Crippen molar-refractivity contribution in [3.63, 3.8) is 0 Å². The number of anilines is 1. The number of nitrogens with zero attached hydrogens (tertiary/aromatic N) is 2. The molecule has 0 aliphatic heterocycles. The van der Waals surface area contributed by atoms with Gasteiger partial charge in [-0.1, -0.05) is 25.1 Å². The monoisotopic (exact) mass is 355 g/mol. The van der Waals surface area contributed by atoms with Crippen molar-refractivity contribution in [2.75, 3.05) is 19.0 Å². The maximum atomic E-state index is 13.9. The van der Waals surface area contributed by atoms with Crippen LogP contribution in [0.5, 0.6) is 5.75 Å². The number of rotatable bonds is 7. The third-order valence-corrected chi connectivity index (χ3v) is 4.24. The van der Waals surface area contributed by atoms with Gasteiger partial charge in [0.05, 0.1) is 24.4 Å². The topological polar surface area (TPSA) is 65.4 Å². The van der Waals surface area contributed by atoms with Gasteiger partial charge in [-0.2, -0.15) is 5.26 Å². The van der Waals surface area contributed by atoms with Gasteiger partial charge in [0.1, 0.15) is 6.07 Å². The Kier molecular flexibility index (Phi) is 6.70. The number of para-hydroxylation sites is 1. The van der Waals surface area contributed by atoms with Crippen LogP contribution in [0.2, 0.25) is 0 Å². The van der Waals surface area contributed by atoms with Crippen LogP contribution in [-0.2, 0) is 11.3 Å². The van der Waals surface area contributed by atoms with Crippen molar-refractivity contribution >= 4 is 11.6 Å². The summed E-state index contributed by atoms with van der Waals surface area (Å²) in [5.41, 5.74) is 1.65. The number of hydrogen-bond donors (Lipinski definition) is 1. The van der Waals surface area contributed by atoms with Crippen molar-refractivity contribution in [3.8, 4) is 11.8 Å². The minimum absolute atomic E-state index is 0.190. The molecule has 1 atom stereocenters. The van der Waals surface area contributed by atoms with E-state index in [1.807, 2.05) is 11.8 Å². The molecular formula is C20H22FN3O2. The molecule has 0 aliphatic carbocycles. The quantitative estimate of drug-likeness (QED) is 0.825. The van der Waals surface area contributed by atoms with Gasteiger partial charge in [-0.3, -0.25) is 9.69 Å². The highest BCUT2D eigenvalue weighted by Gasteiger charge is 2.21. The number of carbonyl (C=O) groups is 1. The number of benzene rings is 2. The Morgan fingerprint density at radius 2 is 2.08 bits per heavy atom. The van der Waals surface area contributed by atoms with Crippen molar-refractivity contribution in [2.24, 2.45) is 0 Å². The molecule has 0 spiro atoms. The average molecular weight is 355 g/mol. The van der Waals surface area contributed by atoms with Crippen LogP contribution in [0.15, 0.2) is 42.5 Å². The Balaban J connectivity index is 2.10. The lowest BCUT2D eigenvalue weighted by Crippen LogP contribution is -2.41. The Labute approximate surface area is 153 Å². The maximum absolute atomic E-state index is 13.9. The normalized spacial score (nSPS) is 11.7. The summed E-state index contributed by atoms with van der Waals surface area (Å²) in [5, 5.41) is 11.9. The second-order valence-electron chi connectivity index (χ2n) is 5.85. The largest absolute Gasteiger partial charge is 0.494 e. The van der Waals surface area contributed by atoms with Crippen LogP contribution in [-0.4, -0.2) is 30.5 Å². The summed E-state index contributed by atoms with van der Waals surface area (Å²) in [4.78, 5) is 14.5. The van der Waals surface area contributed by atoms with Crippen LogP contribution >= 0.6 is 0 Å². The van der Waals surface area contributed by atoms with E-state index < -0.39 is 11.9 Å². The third-order valence-electron chi connectivity index (χ3n) is 4.24. The molecule has 0 saturated heterocycles. The highest BCUT2D eigenvalue weighted by molar-refractivity contribution is 5.95. The number of hydrogen-bond acceptors (Lipinski definition) is 4. The Bertz CT molecular complexity index is 817. The van der Waals surface area contributed by atoms with E-state index in [4.69, 9.17) is 10.00 Å². The molecule has 0 heterocycles. The highest BCUT2D eigenvalue weighted by atomic mass is 19.1. The van der Waals surface area contributed by atoms with E-state index in [0.717, 1.165) is 5.56 Å². The summed E-state index contributed by atoms with van der Waals surface area (Å²) in [6.07, 6.45) is 0. The highest BCUT2D eigenvalue weighted by Crippen LogP contribution is 2.20. The van der Waals surface area contributed by atoms with E-state index in [1.54, 1.807) is 43.3 Å². The molecule has 1 unspecified atom stereocenters. The first-order valence-corrected chi connectivity index (χ1v) is 8.36. The number of methoxy groups -OCH3 is 1. The summed E-state index contributed by atoms with van der Waals surface area (Å²) in [5.74, 6) is -0.458. The van der Waals surface area contributed by atoms with Crippen molar-refractivity contribution in [2.45, 2.75) is 26.4 Å². The fourth-order valence-corrected chi connectivity index (χ4v) is 2.66. The van der Waals surface area contributed by atoms with Crippen LogP contribution in [0.3, 0.4) is 0 Å². The number of carbonyl (C=O) groups excluding carboxylic acids is 1. The Morgan fingerprint density at radius 3 is 2.69 bits per heavy atom. The van der Waals surface area contributed by atoms with E-state index in [0.29, 0.717) is 24.3 Å². The number of nitriles is 1. The average Bonchev–Trinajstić information content (AvgIpc) is 2.66. The third kappa shape index (κ3) is 4.58. The van der Waals surface area contributed by atoms with Crippen molar-refractivity contribution in [1.29, 1.82) is 5.26 Å². The van der Waals surface area contributed by atoms with Gasteiger partial charge in [0.15, 0.2) is 11.6 Å². The number of halogens is 1. The molecule has 0 radical (unpaired) electrons. The molecule has 0 aromatic heterocycles. The lowest BCUT2D eigenvalue weighted by molar-refractivity contribution is -0.120. The van der Waals surface area contributed by atoms with Gasteiger partial charge in [0.2, 0.25) is 5.91 Å². The molecule has 6 heteroatoms. The van der Waals surface area contributed by atoms with Gasteiger partial charge < -0.3 is 10.1 Å². The zero-order valence-corrected chi connectivity index (χ0v) is 15.1. The van der Waals surface area contributed by atoms with E-state index in [-0.39, 0.29) is 11.7 Å². The number of nitrogens with one attached hydrogen (secondary N) is 1. The fraction of sp³-hybridized carbons (Fsp3) is 0.300. The summed E-state index contributed by atoms with van der Waals surface area (Å²) < 4.78 is 18.8. The van der Waals surface area contributed by atoms with E-state index in [9.17, 15) is 9.18 Å².